The van der Waals surface area contributed by atoms with Crippen LogP contribution in [-0.2, 0) is 19.5 Å². The van der Waals surface area contributed by atoms with Crippen molar-refractivity contribution in [2.24, 2.45) is 0 Å². The Morgan fingerprint density at radius 1 is 1.23 bits per heavy atom. The molecular weight excluding hydrogens is 240 g/mol. The van der Waals surface area contributed by atoms with Crippen LogP contribution in [0.3, 0.4) is 0 Å². The number of hydrogen-bond acceptors (Lipinski definition) is 8. The molecule has 0 spiro atoms. The maximum atomic E-state index is 10.1. The lowest BCUT2D eigenvalue weighted by molar-refractivity contribution is -0.777. The van der Waals surface area contributed by atoms with E-state index in [0.717, 1.165) is 12.0 Å². The van der Waals surface area contributed by atoms with E-state index in [-0.39, 0.29) is 11.5 Å². The van der Waals surface area contributed by atoms with Gasteiger partial charge in [-0.3, -0.25) is 5.04 Å². The maximum Gasteiger partial charge on any atom is 0.0954 e. The third-order valence-corrected chi connectivity index (χ3v) is 3.59. The van der Waals surface area contributed by atoms with Crippen molar-refractivity contribution in [3.8, 4) is 0 Å². The van der Waals surface area contributed by atoms with Crippen LogP contribution in [0.5, 0.6) is 0 Å². The van der Waals surface area contributed by atoms with Gasteiger partial charge in [-0.1, -0.05) is 0 Å². The molecule has 9 heteroatoms. The molecule has 0 aromatic rings. The summed E-state index contributed by atoms with van der Waals surface area (Å²) in [4.78, 5) is 0. The van der Waals surface area contributed by atoms with Gasteiger partial charge < -0.3 is 9.81 Å². The molecule has 0 saturated carbocycles. The summed E-state index contributed by atoms with van der Waals surface area (Å²) < 4.78 is 34.3. The third kappa shape index (κ3) is 12.5. The second kappa shape index (κ2) is 7.85. The first-order valence-electron chi connectivity index (χ1n) is 3.15. The van der Waals surface area contributed by atoms with Crippen LogP contribution in [0.1, 0.15) is 0 Å². The van der Waals surface area contributed by atoms with Gasteiger partial charge in [-0.25, -0.2) is 8.42 Å². The van der Waals surface area contributed by atoms with Crippen molar-refractivity contribution in [2.75, 3.05) is 23.0 Å². The summed E-state index contributed by atoms with van der Waals surface area (Å²) in [6, 6.07) is 0. The molecule has 0 unspecified atom stereocenters. The fourth-order valence-electron chi connectivity index (χ4n) is 0.410. The van der Waals surface area contributed by atoms with E-state index in [1.807, 2.05) is 0 Å². The molecule has 13 heavy (non-hydrogen) atoms. The smallest absolute Gasteiger partial charge is 0.0954 e. The summed E-state index contributed by atoms with van der Waals surface area (Å²) in [6.45, 7) is 0. The molecule has 0 N–H and O–H groups in total. The van der Waals surface area contributed by atoms with E-state index >= 15 is 0 Å². The highest BCUT2D eigenvalue weighted by molar-refractivity contribution is 8.01. The molecule has 0 fully saturated rings. The van der Waals surface area contributed by atoms with E-state index in [2.05, 4.69) is 9.37 Å². The normalized spacial score (nSPS) is 11.8. The standard InChI is InChI=1S/C4H10O6S3/c5-9-10-12-2-1-11-3-4-13(6,7)8/h5H,1-4H2,(H,6,7,8)/p-2. The minimum atomic E-state index is -4.11. The van der Waals surface area contributed by atoms with E-state index in [0.29, 0.717) is 11.5 Å². The molecule has 0 saturated heterocycles. The summed E-state index contributed by atoms with van der Waals surface area (Å²) in [7, 11) is -4.11. The van der Waals surface area contributed by atoms with Crippen molar-refractivity contribution in [1.82, 2.24) is 0 Å². The first-order valence-corrected chi connectivity index (χ1v) is 6.80. The molecule has 0 rings (SSSR count). The Labute approximate surface area is 84.8 Å². The number of rotatable bonds is 8. The molecule has 0 aliphatic carbocycles. The second-order valence-corrected chi connectivity index (χ2v) is 5.36. The fourth-order valence-corrected chi connectivity index (χ4v) is 2.75. The molecular formula is C4H8O6S3-2. The van der Waals surface area contributed by atoms with E-state index < -0.39 is 10.1 Å². The third-order valence-electron chi connectivity index (χ3n) is 0.865. The van der Waals surface area contributed by atoms with Crippen molar-refractivity contribution in [1.29, 1.82) is 0 Å². The molecule has 0 bridgehead atoms. The van der Waals surface area contributed by atoms with Crippen LogP contribution in [-0.4, -0.2) is 36.0 Å². The van der Waals surface area contributed by atoms with Gasteiger partial charge in [0.25, 0.3) is 0 Å². The lowest BCUT2D eigenvalue weighted by atomic mass is 10.9. The predicted molar refractivity (Wildman–Crippen MR) is 46.5 cm³/mol. The SMILES string of the molecule is O=S(=O)([O-])CCSCCSOO[O-]. The summed E-state index contributed by atoms with van der Waals surface area (Å²) in [5.41, 5.74) is 0. The van der Waals surface area contributed by atoms with Crippen LogP contribution >= 0.6 is 23.8 Å². The highest BCUT2D eigenvalue weighted by Crippen LogP contribution is 2.07. The van der Waals surface area contributed by atoms with Gasteiger partial charge in [0.1, 0.15) is 0 Å². The zero-order valence-electron chi connectivity index (χ0n) is 6.50. The van der Waals surface area contributed by atoms with Gasteiger partial charge in [0.2, 0.25) is 0 Å². The van der Waals surface area contributed by atoms with Crippen LogP contribution in [0.4, 0.5) is 0 Å². The topological polar surface area (TPSA) is 98.7 Å². The van der Waals surface area contributed by atoms with Crippen molar-refractivity contribution in [3.05, 3.63) is 0 Å². The number of hydrogen-bond donors (Lipinski definition) is 0. The minimum absolute atomic E-state index is 0.255. The predicted octanol–water partition coefficient (Wildman–Crippen LogP) is -0.863. The molecule has 0 atom stereocenters. The van der Waals surface area contributed by atoms with Gasteiger partial charge in [0.15, 0.2) is 0 Å². The average Bonchev–Trinajstić information content (AvgIpc) is 2.01. The monoisotopic (exact) mass is 248 g/mol. The van der Waals surface area contributed by atoms with Crippen LogP contribution in [0.15, 0.2) is 0 Å². The number of thioether (sulfide) groups is 1. The van der Waals surface area contributed by atoms with Gasteiger partial charge in [-0.15, -0.1) is 0 Å². The Bertz CT molecular complexity index is 202. The molecule has 0 aromatic carbocycles. The highest BCUT2D eigenvalue weighted by atomic mass is 32.2. The van der Waals surface area contributed by atoms with E-state index in [9.17, 15) is 18.2 Å². The summed E-state index contributed by atoms with van der Waals surface area (Å²) in [5.74, 6) is 0.960. The molecule has 6 nitrogen and oxygen atoms in total. The van der Waals surface area contributed by atoms with Gasteiger partial charge in [-0.05, 0) is 0 Å². The van der Waals surface area contributed by atoms with Crippen LogP contribution < -0.4 is 5.26 Å². The van der Waals surface area contributed by atoms with Crippen molar-refractivity contribution < 1.29 is 27.6 Å². The quantitative estimate of drug-likeness (QED) is 0.180. The Morgan fingerprint density at radius 3 is 2.46 bits per heavy atom. The summed E-state index contributed by atoms with van der Waals surface area (Å²) >= 11 is 2.12. The van der Waals surface area contributed by atoms with E-state index in [4.69, 9.17) is 0 Å². The molecule has 0 aromatic heterocycles. The Kier molecular flexibility index (Phi) is 8.15. The highest BCUT2D eigenvalue weighted by Gasteiger charge is 1.95. The van der Waals surface area contributed by atoms with Gasteiger partial charge >= 0.3 is 0 Å². The van der Waals surface area contributed by atoms with Crippen molar-refractivity contribution >= 4 is 33.9 Å². The maximum absolute atomic E-state index is 10.1. The molecule has 0 aliphatic rings. The largest absolute Gasteiger partial charge is 0.748 e. The summed E-state index contributed by atoms with van der Waals surface area (Å²) in [6.07, 6.45) is 0. The molecule has 0 radical (unpaired) electrons. The molecule has 0 heterocycles. The van der Waals surface area contributed by atoms with Crippen molar-refractivity contribution in [3.63, 3.8) is 0 Å². The van der Waals surface area contributed by atoms with Gasteiger partial charge in [-0.2, -0.15) is 16.1 Å². The van der Waals surface area contributed by atoms with E-state index in [1.165, 1.54) is 11.8 Å². The Balaban J connectivity index is 3.09. The lowest BCUT2D eigenvalue weighted by Gasteiger charge is -2.06. The lowest BCUT2D eigenvalue weighted by Crippen LogP contribution is -2.07. The minimum Gasteiger partial charge on any atom is -0.748 e. The van der Waals surface area contributed by atoms with Crippen LogP contribution in [0.2, 0.25) is 0 Å². The van der Waals surface area contributed by atoms with Crippen LogP contribution in [0, 0.1) is 0 Å². The van der Waals surface area contributed by atoms with Crippen molar-refractivity contribution in [2.45, 2.75) is 0 Å². The second-order valence-electron chi connectivity index (χ2n) is 1.83. The fraction of sp³-hybridized carbons (Fsp3) is 1.00. The first kappa shape index (κ1) is 13.5. The zero-order chi connectivity index (χ0) is 10.2. The molecule has 0 amide bonds. The molecule has 0 aliphatic heterocycles. The van der Waals surface area contributed by atoms with Gasteiger partial charge in [0.05, 0.1) is 10.1 Å². The Hall–Kier alpha value is 0.490. The average molecular weight is 248 g/mol. The molecule has 80 valence electrons. The van der Waals surface area contributed by atoms with E-state index in [1.54, 1.807) is 0 Å². The van der Waals surface area contributed by atoms with Crippen LogP contribution in [0.25, 0.3) is 0 Å². The Morgan fingerprint density at radius 2 is 1.92 bits per heavy atom. The van der Waals surface area contributed by atoms with Gasteiger partial charge in [0, 0.05) is 35.1 Å². The first-order chi connectivity index (χ1) is 6.06. The summed E-state index contributed by atoms with van der Waals surface area (Å²) in [5, 5.41) is 12.3. The zero-order valence-corrected chi connectivity index (χ0v) is 8.95.